The van der Waals surface area contributed by atoms with E-state index in [1.54, 1.807) is 72.8 Å². The third-order valence-corrected chi connectivity index (χ3v) is 8.33. The van der Waals surface area contributed by atoms with E-state index < -0.39 is 29.3 Å². The molecule has 4 aromatic rings. The van der Waals surface area contributed by atoms with Crippen molar-refractivity contribution in [2.75, 3.05) is 13.2 Å². The third-order valence-electron chi connectivity index (χ3n) is 8.33. The average molecular weight is 714 g/mol. The van der Waals surface area contributed by atoms with Crippen LogP contribution in [0.15, 0.2) is 112 Å². The molecule has 0 bridgehead atoms. The fraction of sp³-hybridized carbons (Fsp3) is 0.278. The quantitative estimate of drug-likeness (QED) is 0.0358. The number of aliphatic hydroxyl groups is 1. The number of ether oxygens (including phenoxy) is 2. The molecule has 0 saturated heterocycles. The average Bonchev–Trinajstić information content (AvgIpc) is 3.54. The van der Waals surface area contributed by atoms with Crippen molar-refractivity contribution in [3.8, 4) is 5.75 Å². The number of hydrogen-bond donors (Lipinski definition) is 3. The summed E-state index contributed by atoms with van der Waals surface area (Å²) in [7, 11) is 0. The van der Waals surface area contributed by atoms with Crippen molar-refractivity contribution in [2.24, 2.45) is 15.2 Å². The highest BCUT2D eigenvalue weighted by Crippen LogP contribution is 2.44. The number of amides is 1. The zero-order valence-electron chi connectivity index (χ0n) is 27.7. The summed E-state index contributed by atoms with van der Waals surface area (Å²) >= 11 is 0. The summed E-state index contributed by atoms with van der Waals surface area (Å²) in [6.07, 6.45) is -5.14. The molecule has 16 heteroatoms. The van der Waals surface area contributed by atoms with Gasteiger partial charge in [-0.1, -0.05) is 70.9 Å². The summed E-state index contributed by atoms with van der Waals surface area (Å²) in [5, 5.41) is 16.6. The Bertz CT molecular complexity index is 1980. The number of azide groups is 2. The van der Waals surface area contributed by atoms with Crippen LogP contribution in [0.1, 0.15) is 51.5 Å². The van der Waals surface area contributed by atoms with Crippen LogP contribution < -0.4 is 15.6 Å². The highest BCUT2D eigenvalue weighted by molar-refractivity contribution is 6.01. The molecule has 0 saturated carbocycles. The van der Waals surface area contributed by atoms with E-state index in [4.69, 9.17) is 30.6 Å². The molecule has 5 rings (SSSR count). The van der Waals surface area contributed by atoms with Gasteiger partial charge in [0.25, 0.3) is 5.91 Å². The molecule has 0 radical (unpaired) electrons. The van der Waals surface area contributed by atoms with Crippen molar-refractivity contribution in [3.05, 3.63) is 157 Å². The predicted molar refractivity (Wildman–Crippen MR) is 185 cm³/mol. The Morgan fingerprint density at radius 1 is 0.904 bits per heavy atom. The predicted octanol–water partition coefficient (Wildman–Crippen LogP) is 7.41. The molecular weight excluding hydrogens is 679 g/mol. The molecule has 1 aliphatic heterocycles. The van der Waals surface area contributed by atoms with E-state index in [0.717, 1.165) is 12.1 Å². The van der Waals surface area contributed by atoms with Crippen molar-refractivity contribution in [3.63, 3.8) is 0 Å². The second kappa shape index (κ2) is 17.2. The smallest absolute Gasteiger partial charge is 0.416 e. The first-order chi connectivity index (χ1) is 25.2. The van der Waals surface area contributed by atoms with Crippen LogP contribution in [-0.4, -0.2) is 35.7 Å². The lowest BCUT2D eigenvalue weighted by Crippen LogP contribution is -2.54. The maximum Gasteiger partial charge on any atom is 0.416 e. The molecule has 0 fully saturated rings. The van der Waals surface area contributed by atoms with Gasteiger partial charge in [-0.15, -0.1) is 0 Å². The molecule has 3 N–H and O–H groups in total. The van der Waals surface area contributed by atoms with Gasteiger partial charge in [0.2, 0.25) is 5.90 Å². The maximum atomic E-state index is 14.6. The molecule has 0 unspecified atom stereocenters. The van der Waals surface area contributed by atoms with Crippen molar-refractivity contribution < 1.29 is 32.5 Å². The van der Waals surface area contributed by atoms with E-state index in [-0.39, 0.29) is 38.6 Å². The number of nitrogens with zero attached hydrogens (tertiary/aromatic N) is 7. The Hall–Kier alpha value is -6.05. The van der Waals surface area contributed by atoms with E-state index in [2.05, 4.69) is 30.9 Å². The number of hydrazine groups is 1. The van der Waals surface area contributed by atoms with Gasteiger partial charge in [0, 0.05) is 41.4 Å². The third kappa shape index (κ3) is 8.99. The summed E-state index contributed by atoms with van der Waals surface area (Å²) in [5.74, 6) is 0.0620. The van der Waals surface area contributed by atoms with Gasteiger partial charge < -0.3 is 14.6 Å². The van der Waals surface area contributed by atoms with E-state index in [1.165, 1.54) is 12.1 Å². The Kier molecular flexibility index (Phi) is 12.3. The van der Waals surface area contributed by atoms with Crippen LogP contribution in [0.3, 0.4) is 0 Å². The molecular formula is C36H34F3N9O4. The molecule has 1 heterocycles. The largest absolute Gasteiger partial charge is 0.494 e. The van der Waals surface area contributed by atoms with Gasteiger partial charge in [-0.3, -0.25) is 10.2 Å². The molecule has 268 valence electrons. The summed E-state index contributed by atoms with van der Waals surface area (Å²) < 4.78 is 51.6. The minimum absolute atomic E-state index is 0.00382. The van der Waals surface area contributed by atoms with Crippen LogP contribution >= 0.6 is 0 Å². The number of nitrogens with one attached hydrogen (secondary N) is 2. The van der Waals surface area contributed by atoms with Crippen molar-refractivity contribution in [1.29, 1.82) is 0 Å². The molecule has 13 nitrogen and oxygen atoms in total. The number of benzene rings is 4. The topological polar surface area (TPSA) is 190 Å². The van der Waals surface area contributed by atoms with Crippen LogP contribution in [0, 0.1) is 0 Å². The van der Waals surface area contributed by atoms with Crippen LogP contribution in [0.4, 0.5) is 13.2 Å². The molecule has 52 heavy (non-hydrogen) atoms. The normalized spacial score (nSPS) is 16.5. The van der Waals surface area contributed by atoms with Gasteiger partial charge in [-0.2, -0.15) is 13.2 Å². The molecule has 1 aliphatic rings. The lowest BCUT2D eigenvalue weighted by atomic mass is 9.80. The SMILES string of the molecule is [N-]=[N+]=NCc1ccccc1C[C@]1(C(=O)NNCc2ccc(C(F)(F)F)cc2)N=C(c2ccc(OCCCO)cc2)O[C@H]1c1ccccc1CN=[N+]=[N-]. The Morgan fingerprint density at radius 3 is 2.19 bits per heavy atom. The van der Waals surface area contributed by atoms with Crippen LogP contribution in [0.5, 0.6) is 5.75 Å². The second-order valence-corrected chi connectivity index (χ2v) is 11.7. The van der Waals surface area contributed by atoms with E-state index in [0.29, 0.717) is 52.2 Å². The van der Waals surface area contributed by atoms with Gasteiger partial charge >= 0.3 is 6.18 Å². The van der Waals surface area contributed by atoms with Crippen molar-refractivity contribution in [1.82, 2.24) is 10.9 Å². The molecule has 2 atom stereocenters. The van der Waals surface area contributed by atoms with E-state index >= 15 is 0 Å². The highest BCUT2D eigenvalue weighted by Gasteiger charge is 2.54. The summed E-state index contributed by atoms with van der Waals surface area (Å²) in [5.41, 5.74) is 24.6. The number of hydrogen-bond acceptors (Lipinski definition) is 8. The first-order valence-electron chi connectivity index (χ1n) is 16.1. The Balaban J connectivity index is 1.58. The molecule has 0 aliphatic carbocycles. The van der Waals surface area contributed by atoms with E-state index in [1.807, 2.05) is 0 Å². The highest BCUT2D eigenvalue weighted by atomic mass is 19.4. The number of aliphatic imine (C=N–C) groups is 1. The Labute approximate surface area is 296 Å². The lowest BCUT2D eigenvalue weighted by molar-refractivity contribution is -0.137. The Morgan fingerprint density at radius 2 is 1.54 bits per heavy atom. The van der Waals surface area contributed by atoms with E-state index in [9.17, 15) is 18.0 Å². The standard InChI is InChI=1S/C36H34F3N9O4/c37-36(38,39)29-14-10-24(11-15-29)21-42-46-34(50)35(20-26-6-1-2-7-27(26)22-43-47-40)32(31-9-4-3-8-28(31)23-44-48-41)52-33(45-35)25-12-16-30(17-13-25)51-19-5-18-49/h1-4,6-17,32,42,49H,5,18-23H2,(H,46,50)/t32-,35-/m0/s1. The summed E-state index contributed by atoms with van der Waals surface area (Å²) in [4.78, 5) is 25.4. The monoisotopic (exact) mass is 713 g/mol. The van der Waals surface area contributed by atoms with Gasteiger partial charge in [0.1, 0.15) is 5.75 Å². The van der Waals surface area contributed by atoms with Crippen LogP contribution in [0.2, 0.25) is 0 Å². The van der Waals surface area contributed by atoms with Gasteiger partial charge in [-0.05, 0) is 75.3 Å². The van der Waals surface area contributed by atoms with Crippen LogP contribution in [-0.2, 0) is 41.8 Å². The maximum absolute atomic E-state index is 14.6. The second-order valence-electron chi connectivity index (χ2n) is 11.7. The summed E-state index contributed by atoms with van der Waals surface area (Å²) in [6, 6.07) is 25.6. The van der Waals surface area contributed by atoms with Crippen LogP contribution in [0.25, 0.3) is 20.9 Å². The number of alkyl halides is 3. The van der Waals surface area contributed by atoms with Gasteiger partial charge in [0.05, 0.1) is 25.3 Å². The molecule has 0 spiro atoms. The van der Waals surface area contributed by atoms with Crippen molar-refractivity contribution in [2.45, 2.75) is 50.3 Å². The number of carbonyl (C=O) groups excluding carboxylic acids is 1. The first kappa shape index (κ1) is 37.2. The fourth-order valence-electron chi connectivity index (χ4n) is 5.73. The first-order valence-corrected chi connectivity index (χ1v) is 16.1. The molecule has 1 amide bonds. The number of halogens is 3. The van der Waals surface area contributed by atoms with Gasteiger partial charge in [0.15, 0.2) is 11.6 Å². The lowest BCUT2D eigenvalue weighted by Gasteiger charge is -2.32. The zero-order chi connectivity index (χ0) is 37.0. The molecule has 0 aromatic heterocycles. The summed E-state index contributed by atoms with van der Waals surface area (Å²) in [6.45, 7) is 0.250. The number of carbonyl (C=O) groups is 1. The van der Waals surface area contributed by atoms with Gasteiger partial charge in [-0.25, -0.2) is 10.4 Å². The minimum atomic E-state index is -4.49. The fourth-order valence-corrected chi connectivity index (χ4v) is 5.73. The van der Waals surface area contributed by atoms with Crippen molar-refractivity contribution >= 4 is 11.8 Å². The number of aliphatic hydroxyl groups excluding tert-OH is 1. The zero-order valence-corrected chi connectivity index (χ0v) is 27.7. The molecule has 4 aromatic carbocycles. The number of rotatable bonds is 16. The minimum Gasteiger partial charge on any atom is -0.494 e.